The van der Waals surface area contributed by atoms with Gasteiger partial charge in [-0.1, -0.05) is 43.3 Å². The highest BCUT2D eigenvalue weighted by atomic mass is 35.5. The maximum absolute atomic E-state index is 12.9. The first-order chi connectivity index (χ1) is 10.7. The predicted octanol–water partition coefficient (Wildman–Crippen LogP) is 4.17. The standard InChI is InChI=1S/C18H22N2OS.ClH/c1-13(17(19)14-7-3-2-4-8-14)18(21)20-11-5-9-15(20)16-10-6-12-22-16;/h2-4,6-8,10,12-13,15,17H,5,9,11,19H2,1H3;1H. The second-order valence-corrected chi connectivity index (χ2v) is 6.91. The average molecular weight is 351 g/mol. The Morgan fingerprint density at radius 1 is 1.26 bits per heavy atom. The minimum Gasteiger partial charge on any atom is -0.335 e. The number of halogens is 1. The Labute approximate surface area is 147 Å². The Bertz CT molecular complexity index is 617. The van der Waals surface area contributed by atoms with E-state index in [4.69, 9.17) is 5.73 Å². The summed E-state index contributed by atoms with van der Waals surface area (Å²) in [5.41, 5.74) is 7.35. The molecule has 3 atom stereocenters. The molecule has 1 amide bonds. The number of nitrogens with zero attached hydrogens (tertiary/aromatic N) is 1. The number of rotatable bonds is 4. The van der Waals surface area contributed by atoms with Crippen molar-refractivity contribution >= 4 is 29.7 Å². The van der Waals surface area contributed by atoms with Crippen molar-refractivity contribution in [2.45, 2.75) is 31.8 Å². The van der Waals surface area contributed by atoms with Crippen molar-refractivity contribution in [2.24, 2.45) is 11.7 Å². The molecule has 0 saturated carbocycles. The first kappa shape index (κ1) is 18.0. The monoisotopic (exact) mass is 350 g/mol. The van der Waals surface area contributed by atoms with E-state index in [1.54, 1.807) is 11.3 Å². The number of thiophene rings is 1. The topological polar surface area (TPSA) is 46.3 Å². The summed E-state index contributed by atoms with van der Waals surface area (Å²) in [5.74, 6) is -0.0322. The molecular weight excluding hydrogens is 328 g/mol. The molecule has 1 fully saturated rings. The van der Waals surface area contributed by atoms with Crippen molar-refractivity contribution in [1.29, 1.82) is 0 Å². The maximum Gasteiger partial charge on any atom is 0.227 e. The van der Waals surface area contributed by atoms with Crippen LogP contribution in [0.3, 0.4) is 0 Å². The molecule has 1 aromatic heterocycles. The third kappa shape index (κ3) is 3.77. The van der Waals surface area contributed by atoms with Crippen molar-refractivity contribution in [3.63, 3.8) is 0 Å². The van der Waals surface area contributed by atoms with E-state index in [-0.39, 0.29) is 36.3 Å². The molecule has 23 heavy (non-hydrogen) atoms. The van der Waals surface area contributed by atoms with Crippen LogP contribution in [0.25, 0.3) is 0 Å². The van der Waals surface area contributed by atoms with E-state index in [1.165, 1.54) is 4.88 Å². The summed E-state index contributed by atoms with van der Waals surface area (Å²) in [5, 5.41) is 2.08. The summed E-state index contributed by atoms with van der Waals surface area (Å²) in [6.45, 7) is 2.79. The van der Waals surface area contributed by atoms with Gasteiger partial charge in [0.05, 0.1) is 12.0 Å². The number of nitrogens with two attached hydrogens (primary N) is 1. The minimum atomic E-state index is -0.252. The van der Waals surface area contributed by atoms with Gasteiger partial charge in [-0.05, 0) is 29.9 Å². The minimum absolute atomic E-state index is 0. The van der Waals surface area contributed by atoms with Gasteiger partial charge in [0.2, 0.25) is 5.91 Å². The quantitative estimate of drug-likeness (QED) is 0.899. The smallest absolute Gasteiger partial charge is 0.227 e. The van der Waals surface area contributed by atoms with Crippen LogP contribution in [-0.2, 0) is 4.79 Å². The van der Waals surface area contributed by atoms with Crippen molar-refractivity contribution < 1.29 is 4.79 Å². The third-order valence-corrected chi connectivity index (χ3v) is 5.49. The molecule has 0 radical (unpaired) electrons. The molecule has 0 spiro atoms. The van der Waals surface area contributed by atoms with Gasteiger partial charge in [0.25, 0.3) is 0 Å². The number of amides is 1. The summed E-state index contributed by atoms with van der Waals surface area (Å²) >= 11 is 1.73. The highest BCUT2D eigenvalue weighted by Crippen LogP contribution is 2.36. The summed E-state index contributed by atoms with van der Waals surface area (Å²) in [6, 6.07) is 14.1. The Morgan fingerprint density at radius 2 is 2.00 bits per heavy atom. The molecule has 1 aromatic carbocycles. The lowest BCUT2D eigenvalue weighted by Crippen LogP contribution is -2.38. The summed E-state index contributed by atoms with van der Waals surface area (Å²) in [4.78, 5) is 16.2. The van der Waals surface area contributed by atoms with E-state index >= 15 is 0 Å². The predicted molar refractivity (Wildman–Crippen MR) is 97.8 cm³/mol. The van der Waals surface area contributed by atoms with Crippen molar-refractivity contribution in [2.75, 3.05) is 6.54 Å². The van der Waals surface area contributed by atoms with Crippen LogP contribution in [0.2, 0.25) is 0 Å². The van der Waals surface area contributed by atoms with Crippen molar-refractivity contribution in [1.82, 2.24) is 4.90 Å². The van der Waals surface area contributed by atoms with Crippen LogP contribution in [0, 0.1) is 5.92 Å². The van der Waals surface area contributed by atoms with Crippen LogP contribution >= 0.6 is 23.7 Å². The second kappa shape index (κ2) is 7.95. The van der Waals surface area contributed by atoms with Gasteiger partial charge >= 0.3 is 0 Å². The molecule has 3 rings (SSSR count). The fraction of sp³-hybridized carbons (Fsp3) is 0.389. The molecule has 1 saturated heterocycles. The lowest BCUT2D eigenvalue weighted by molar-refractivity contribution is -0.136. The molecule has 3 nitrogen and oxygen atoms in total. The highest BCUT2D eigenvalue weighted by molar-refractivity contribution is 7.10. The fourth-order valence-corrected chi connectivity index (χ4v) is 4.06. The van der Waals surface area contributed by atoms with Gasteiger partial charge in [-0.3, -0.25) is 4.79 Å². The molecule has 2 aromatic rings. The summed E-state index contributed by atoms with van der Waals surface area (Å²) in [7, 11) is 0. The fourth-order valence-electron chi connectivity index (χ4n) is 3.19. The number of hydrogen-bond acceptors (Lipinski definition) is 3. The Kier molecular flexibility index (Phi) is 6.22. The zero-order valence-corrected chi connectivity index (χ0v) is 14.9. The van der Waals surface area contributed by atoms with Crippen molar-refractivity contribution in [3.05, 3.63) is 58.3 Å². The number of hydrogen-bond donors (Lipinski definition) is 1. The lowest BCUT2D eigenvalue weighted by atomic mass is 9.94. The van der Waals surface area contributed by atoms with Crippen LogP contribution in [0.15, 0.2) is 47.8 Å². The van der Waals surface area contributed by atoms with E-state index in [0.717, 1.165) is 24.9 Å². The van der Waals surface area contributed by atoms with Gasteiger partial charge in [-0.15, -0.1) is 23.7 Å². The van der Waals surface area contributed by atoms with E-state index in [0.29, 0.717) is 0 Å². The molecule has 2 N–H and O–H groups in total. The molecule has 5 heteroatoms. The van der Waals surface area contributed by atoms with Gasteiger partial charge < -0.3 is 10.6 Å². The van der Waals surface area contributed by atoms with E-state index < -0.39 is 0 Å². The first-order valence-corrected chi connectivity index (χ1v) is 8.71. The van der Waals surface area contributed by atoms with Crippen LogP contribution in [0.1, 0.15) is 42.3 Å². The largest absolute Gasteiger partial charge is 0.335 e. The molecule has 2 heterocycles. The SMILES string of the molecule is CC(C(=O)N1CCCC1c1cccs1)C(N)c1ccccc1.Cl. The third-order valence-electron chi connectivity index (χ3n) is 4.52. The molecule has 3 unspecified atom stereocenters. The van der Waals surface area contributed by atoms with Gasteiger partial charge in [-0.2, -0.15) is 0 Å². The molecule has 124 valence electrons. The average Bonchev–Trinajstić information content (AvgIpc) is 3.24. The molecular formula is C18H23ClN2OS. The number of benzene rings is 1. The van der Waals surface area contributed by atoms with Crippen LogP contribution in [0.4, 0.5) is 0 Å². The molecule has 1 aliphatic heterocycles. The number of carbonyl (C=O) groups is 1. The maximum atomic E-state index is 12.9. The van der Waals surface area contributed by atoms with Gasteiger partial charge in [0.1, 0.15) is 0 Å². The van der Waals surface area contributed by atoms with E-state index in [2.05, 4.69) is 17.5 Å². The summed E-state index contributed by atoms with van der Waals surface area (Å²) < 4.78 is 0. The lowest BCUT2D eigenvalue weighted by Gasteiger charge is -2.29. The Morgan fingerprint density at radius 3 is 2.65 bits per heavy atom. The molecule has 1 aliphatic rings. The van der Waals surface area contributed by atoms with E-state index in [1.807, 2.05) is 42.2 Å². The van der Waals surface area contributed by atoms with Gasteiger partial charge in [0, 0.05) is 17.5 Å². The van der Waals surface area contributed by atoms with Gasteiger partial charge in [0.15, 0.2) is 0 Å². The number of likely N-dealkylation sites (tertiary alicyclic amines) is 1. The second-order valence-electron chi connectivity index (χ2n) is 5.93. The zero-order valence-electron chi connectivity index (χ0n) is 13.2. The molecule has 0 aliphatic carbocycles. The highest BCUT2D eigenvalue weighted by Gasteiger charge is 2.35. The van der Waals surface area contributed by atoms with Gasteiger partial charge in [-0.25, -0.2) is 0 Å². The Hall–Kier alpha value is -1.36. The normalized spacial score (nSPS) is 19.9. The first-order valence-electron chi connectivity index (χ1n) is 7.83. The van der Waals surface area contributed by atoms with Crippen LogP contribution in [-0.4, -0.2) is 17.4 Å². The van der Waals surface area contributed by atoms with E-state index in [9.17, 15) is 4.79 Å². The summed E-state index contributed by atoms with van der Waals surface area (Å²) in [6.07, 6.45) is 2.13. The Balaban J connectivity index is 0.00000192. The zero-order chi connectivity index (χ0) is 15.5. The van der Waals surface area contributed by atoms with Crippen LogP contribution < -0.4 is 5.73 Å². The van der Waals surface area contributed by atoms with Crippen molar-refractivity contribution in [3.8, 4) is 0 Å². The van der Waals surface area contributed by atoms with Crippen LogP contribution in [0.5, 0.6) is 0 Å². The molecule has 0 bridgehead atoms. The number of carbonyl (C=O) groups excluding carboxylic acids is 1.